The Bertz CT molecular complexity index is 891. The number of nitrogens with zero attached hydrogens (tertiary/aromatic N) is 1. The molecule has 0 unspecified atom stereocenters. The molecule has 1 aliphatic rings. The standard InChI is InChI=1S/C21H20N2O2/c1-24-19-10-17(11-20(13-19)25-2)21-12-18(22-23-21)9-14-7-15-5-3-4-6-16(15)8-14/h3-6,9-13H,7-8H2,1-2H3,(H,22,23). The second-order valence-corrected chi connectivity index (χ2v) is 6.23. The number of aromatic nitrogens is 2. The molecule has 1 aromatic heterocycles. The van der Waals surface area contributed by atoms with Crippen molar-refractivity contribution in [1.29, 1.82) is 0 Å². The van der Waals surface area contributed by atoms with E-state index in [1.807, 2.05) is 18.2 Å². The van der Waals surface area contributed by atoms with Crippen LogP contribution in [0, 0.1) is 0 Å². The largest absolute Gasteiger partial charge is 0.497 e. The van der Waals surface area contributed by atoms with Crippen LogP contribution in [0.3, 0.4) is 0 Å². The Balaban J connectivity index is 1.60. The van der Waals surface area contributed by atoms with Crippen molar-refractivity contribution in [2.45, 2.75) is 12.8 Å². The number of H-pyrrole nitrogens is 1. The number of rotatable bonds is 4. The normalized spacial score (nSPS) is 12.8. The van der Waals surface area contributed by atoms with Crippen LogP contribution in [-0.4, -0.2) is 24.4 Å². The van der Waals surface area contributed by atoms with Crippen molar-refractivity contribution in [3.63, 3.8) is 0 Å². The van der Waals surface area contributed by atoms with Crippen LogP contribution in [0.5, 0.6) is 11.5 Å². The van der Waals surface area contributed by atoms with E-state index in [1.54, 1.807) is 14.2 Å². The summed E-state index contributed by atoms with van der Waals surface area (Å²) < 4.78 is 10.7. The van der Waals surface area contributed by atoms with Gasteiger partial charge in [0.05, 0.1) is 25.6 Å². The number of methoxy groups -OCH3 is 2. The van der Waals surface area contributed by atoms with E-state index in [9.17, 15) is 0 Å². The van der Waals surface area contributed by atoms with Crippen LogP contribution in [0.1, 0.15) is 16.8 Å². The highest BCUT2D eigenvalue weighted by Gasteiger charge is 2.15. The van der Waals surface area contributed by atoms with Crippen molar-refractivity contribution >= 4 is 6.08 Å². The quantitative estimate of drug-likeness (QED) is 0.776. The highest BCUT2D eigenvalue weighted by Crippen LogP contribution is 2.30. The first-order valence-electron chi connectivity index (χ1n) is 8.30. The number of hydrogen-bond acceptors (Lipinski definition) is 3. The number of aromatic amines is 1. The molecule has 4 rings (SSSR count). The summed E-state index contributed by atoms with van der Waals surface area (Å²) in [5.74, 6) is 1.51. The van der Waals surface area contributed by atoms with Gasteiger partial charge in [0.25, 0.3) is 0 Å². The van der Waals surface area contributed by atoms with Gasteiger partial charge in [0, 0.05) is 11.6 Å². The number of nitrogens with one attached hydrogen (secondary N) is 1. The van der Waals surface area contributed by atoms with Gasteiger partial charge in [-0.05, 0) is 48.2 Å². The predicted octanol–water partition coefficient (Wildman–Crippen LogP) is 4.28. The van der Waals surface area contributed by atoms with Crippen LogP contribution < -0.4 is 9.47 Å². The highest BCUT2D eigenvalue weighted by atomic mass is 16.5. The smallest absolute Gasteiger partial charge is 0.123 e. The summed E-state index contributed by atoms with van der Waals surface area (Å²) in [5.41, 5.74) is 7.10. The van der Waals surface area contributed by atoms with Gasteiger partial charge in [-0.25, -0.2) is 0 Å². The van der Waals surface area contributed by atoms with Crippen LogP contribution in [-0.2, 0) is 12.8 Å². The maximum atomic E-state index is 5.34. The van der Waals surface area contributed by atoms with Gasteiger partial charge in [-0.3, -0.25) is 5.10 Å². The second-order valence-electron chi connectivity index (χ2n) is 6.23. The molecule has 1 heterocycles. The fourth-order valence-electron chi connectivity index (χ4n) is 3.29. The van der Waals surface area contributed by atoms with Gasteiger partial charge in [-0.15, -0.1) is 0 Å². The molecule has 0 fully saturated rings. The van der Waals surface area contributed by atoms with Crippen molar-refractivity contribution in [1.82, 2.24) is 10.2 Å². The molecule has 126 valence electrons. The summed E-state index contributed by atoms with van der Waals surface area (Å²) in [4.78, 5) is 0. The van der Waals surface area contributed by atoms with E-state index in [0.29, 0.717) is 0 Å². The number of ether oxygens (including phenoxy) is 2. The van der Waals surface area contributed by atoms with Crippen molar-refractivity contribution < 1.29 is 9.47 Å². The Morgan fingerprint density at radius 2 is 1.56 bits per heavy atom. The first kappa shape index (κ1) is 15.5. The minimum Gasteiger partial charge on any atom is -0.497 e. The van der Waals surface area contributed by atoms with Gasteiger partial charge in [0.15, 0.2) is 0 Å². The molecule has 0 bridgehead atoms. The molecule has 0 amide bonds. The maximum Gasteiger partial charge on any atom is 0.123 e. The maximum absolute atomic E-state index is 5.34. The SMILES string of the molecule is COc1cc(OC)cc(-c2cc(C=C3Cc4ccccc4C3)[nH]n2)c1. The lowest BCUT2D eigenvalue weighted by atomic mass is 10.1. The molecule has 0 spiro atoms. The van der Waals surface area contributed by atoms with E-state index in [4.69, 9.17) is 9.47 Å². The molecule has 0 radical (unpaired) electrons. The zero-order valence-corrected chi connectivity index (χ0v) is 14.4. The van der Waals surface area contributed by atoms with Crippen molar-refractivity contribution in [2.24, 2.45) is 0 Å². The molecule has 4 heteroatoms. The zero-order valence-electron chi connectivity index (χ0n) is 14.4. The lowest BCUT2D eigenvalue weighted by Gasteiger charge is -2.06. The molecule has 1 aliphatic carbocycles. The van der Waals surface area contributed by atoms with Gasteiger partial charge in [0.2, 0.25) is 0 Å². The molecular formula is C21H20N2O2. The highest BCUT2D eigenvalue weighted by molar-refractivity contribution is 5.67. The molecule has 0 saturated carbocycles. The van der Waals surface area contributed by atoms with Crippen LogP contribution >= 0.6 is 0 Å². The molecule has 4 nitrogen and oxygen atoms in total. The Morgan fingerprint density at radius 3 is 2.16 bits per heavy atom. The molecule has 25 heavy (non-hydrogen) atoms. The monoisotopic (exact) mass is 332 g/mol. The minimum absolute atomic E-state index is 0.753. The summed E-state index contributed by atoms with van der Waals surface area (Å²) in [6, 6.07) is 16.5. The summed E-state index contributed by atoms with van der Waals surface area (Å²) in [6.07, 6.45) is 4.23. The zero-order chi connectivity index (χ0) is 17.2. The number of allylic oxidation sites excluding steroid dienone is 1. The predicted molar refractivity (Wildman–Crippen MR) is 99.0 cm³/mol. The molecule has 0 saturated heterocycles. The third-order valence-corrected chi connectivity index (χ3v) is 4.56. The van der Waals surface area contributed by atoms with Crippen LogP contribution in [0.25, 0.3) is 17.3 Å². The van der Waals surface area contributed by atoms with Crippen molar-refractivity contribution in [3.05, 3.63) is 70.9 Å². The van der Waals surface area contributed by atoms with E-state index in [-0.39, 0.29) is 0 Å². The molecule has 3 aromatic rings. The van der Waals surface area contributed by atoms with E-state index in [1.165, 1.54) is 16.7 Å². The van der Waals surface area contributed by atoms with Crippen LogP contribution in [0.15, 0.2) is 54.1 Å². The summed E-state index contributed by atoms with van der Waals surface area (Å²) in [5, 5.41) is 7.57. The van der Waals surface area contributed by atoms with E-state index in [2.05, 4.69) is 46.6 Å². The third-order valence-electron chi connectivity index (χ3n) is 4.56. The van der Waals surface area contributed by atoms with Gasteiger partial charge < -0.3 is 9.47 Å². The van der Waals surface area contributed by atoms with Gasteiger partial charge in [-0.2, -0.15) is 5.10 Å². The van der Waals surface area contributed by atoms with Crippen LogP contribution in [0.4, 0.5) is 0 Å². The van der Waals surface area contributed by atoms with E-state index >= 15 is 0 Å². The topological polar surface area (TPSA) is 47.1 Å². The first-order valence-corrected chi connectivity index (χ1v) is 8.30. The summed E-state index contributed by atoms with van der Waals surface area (Å²) in [6.45, 7) is 0. The first-order chi connectivity index (χ1) is 12.2. The lowest BCUT2D eigenvalue weighted by molar-refractivity contribution is 0.394. The average molecular weight is 332 g/mol. The molecule has 0 atom stereocenters. The van der Waals surface area contributed by atoms with Crippen molar-refractivity contribution in [2.75, 3.05) is 14.2 Å². The number of hydrogen-bond donors (Lipinski definition) is 1. The minimum atomic E-state index is 0.753. The molecule has 1 N–H and O–H groups in total. The molecule has 0 aliphatic heterocycles. The number of fused-ring (bicyclic) bond motifs is 1. The summed E-state index contributed by atoms with van der Waals surface area (Å²) >= 11 is 0. The van der Waals surface area contributed by atoms with Gasteiger partial charge >= 0.3 is 0 Å². The molecule has 2 aromatic carbocycles. The second kappa shape index (κ2) is 6.48. The van der Waals surface area contributed by atoms with Crippen molar-refractivity contribution in [3.8, 4) is 22.8 Å². The van der Waals surface area contributed by atoms with E-state index < -0.39 is 0 Å². The Morgan fingerprint density at radius 1 is 0.920 bits per heavy atom. The number of benzene rings is 2. The van der Waals surface area contributed by atoms with Gasteiger partial charge in [0.1, 0.15) is 11.5 Å². The molecular weight excluding hydrogens is 312 g/mol. The fraction of sp³-hybridized carbons (Fsp3) is 0.190. The Labute approximate surface area is 147 Å². The van der Waals surface area contributed by atoms with Gasteiger partial charge in [-0.1, -0.05) is 29.8 Å². The Hall–Kier alpha value is -3.01. The van der Waals surface area contributed by atoms with Crippen LogP contribution in [0.2, 0.25) is 0 Å². The fourth-order valence-corrected chi connectivity index (χ4v) is 3.29. The lowest BCUT2D eigenvalue weighted by Crippen LogP contribution is -1.88. The summed E-state index contributed by atoms with van der Waals surface area (Å²) in [7, 11) is 3.30. The average Bonchev–Trinajstić information content (AvgIpc) is 3.27. The third kappa shape index (κ3) is 3.15. The van der Waals surface area contributed by atoms with E-state index in [0.717, 1.165) is 41.3 Å². The Kier molecular flexibility index (Phi) is 4.02.